The van der Waals surface area contributed by atoms with Gasteiger partial charge in [0, 0.05) is 10.8 Å². The Labute approximate surface area is 187 Å². The van der Waals surface area contributed by atoms with E-state index >= 15 is 0 Å². The predicted octanol–water partition coefficient (Wildman–Crippen LogP) is 9.20. The highest BCUT2D eigenvalue weighted by atomic mass is 16.3. The number of fused-ring (bicyclic) bond motifs is 4. The zero-order valence-electron chi connectivity index (χ0n) is 18.3. The Bertz CT molecular complexity index is 1580. The normalized spacial score (nSPS) is 11.7. The zero-order chi connectivity index (χ0) is 21.7. The number of furan rings is 1. The first-order chi connectivity index (χ1) is 15.7. The lowest BCUT2D eigenvalue weighted by molar-refractivity contribution is 0.669. The Morgan fingerprint density at radius 3 is 1.75 bits per heavy atom. The topological polar surface area (TPSA) is 13.1 Å². The van der Waals surface area contributed by atoms with Crippen molar-refractivity contribution in [3.8, 4) is 22.3 Å². The highest BCUT2D eigenvalue weighted by Gasteiger charge is 2.12. The van der Waals surface area contributed by atoms with Crippen molar-refractivity contribution in [1.29, 1.82) is 0 Å². The van der Waals surface area contributed by atoms with Gasteiger partial charge in [-0.15, -0.1) is 0 Å². The second kappa shape index (κ2) is 7.39. The van der Waals surface area contributed by atoms with E-state index in [9.17, 15) is 0 Å². The van der Waals surface area contributed by atoms with E-state index in [0.29, 0.717) is 5.92 Å². The summed E-state index contributed by atoms with van der Waals surface area (Å²) in [6.07, 6.45) is 0. The summed E-state index contributed by atoms with van der Waals surface area (Å²) in [5.74, 6) is 0.539. The van der Waals surface area contributed by atoms with Crippen LogP contribution in [0.3, 0.4) is 0 Å². The van der Waals surface area contributed by atoms with Crippen molar-refractivity contribution in [2.75, 3.05) is 0 Å². The minimum Gasteiger partial charge on any atom is -0.456 e. The van der Waals surface area contributed by atoms with Gasteiger partial charge < -0.3 is 4.42 Å². The molecule has 0 spiro atoms. The fourth-order valence-corrected chi connectivity index (χ4v) is 4.74. The van der Waals surface area contributed by atoms with E-state index in [0.717, 1.165) is 21.9 Å². The predicted molar refractivity (Wildman–Crippen MR) is 136 cm³/mol. The molecular weight excluding hydrogens is 388 g/mol. The van der Waals surface area contributed by atoms with E-state index in [-0.39, 0.29) is 0 Å². The molecule has 1 aromatic heterocycles. The molecule has 6 rings (SSSR count). The van der Waals surface area contributed by atoms with E-state index in [1.54, 1.807) is 0 Å². The van der Waals surface area contributed by atoms with Crippen molar-refractivity contribution in [2.24, 2.45) is 0 Å². The molecule has 0 fully saturated rings. The molecule has 154 valence electrons. The molecule has 0 aliphatic heterocycles. The Hall–Kier alpha value is -3.84. The van der Waals surface area contributed by atoms with Gasteiger partial charge in [0.05, 0.1) is 0 Å². The first-order valence-corrected chi connectivity index (χ1v) is 11.2. The van der Waals surface area contributed by atoms with Crippen LogP contribution in [0.2, 0.25) is 0 Å². The third kappa shape index (κ3) is 3.01. The zero-order valence-corrected chi connectivity index (χ0v) is 18.3. The van der Waals surface area contributed by atoms with Gasteiger partial charge in [0.2, 0.25) is 0 Å². The fourth-order valence-electron chi connectivity index (χ4n) is 4.74. The maximum absolute atomic E-state index is 6.03. The number of hydrogen-bond acceptors (Lipinski definition) is 1. The summed E-state index contributed by atoms with van der Waals surface area (Å²) in [6, 6.07) is 37.0. The standard InChI is InChI=1S/C31H24O/c1-20(2)21-11-13-22(14-12-21)24-16-17-25(27-8-4-3-7-26(24)27)23-15-18-31-29(19-23)28-9-5-6-10-30(28)32-31/h3-20H,1-2H3. The molecule has 0 saturated carbocycles. The number of rotatable bonds is 3. The molecule has 0 unspecified atom stereocenters. The van der Waals surface area contributed by atoms with E-state index < -0.39 is 0 Å². The van der Waals surface area contributed by atoms with Gasteiger partial charge in [-0.05, 0) is 62.7 Å². The number of para-hydroxylation sites is 1. The summed E-state index contributed by atoms with van der Waals surface area (Å²) in [5, 5.41) is 4.87. The maximum Gasteiger partial charge on any atom is 0.135 e. The first kappa shape index (κ1) is 18.9. The molecule has 0 aliphatic carbocycles. The SMILES string of the molecule is CC(C)c1ccc(-c2ccc(-c3ccc4oc5ccccc5c4c3)c3ccccc23)cc1. The van der Waals surface area contributed by atoms with Gasteiger partial charge in [-0.3, -0.25) is 0 Å². The van der Waals surface area contributed by atoms with Crippen molar-refractivity contribution < 1.29 is 4.42 Å². The molecule has 1 heterocycles. The lowest BCUT2D eigenvalue weighted by Crippen LogP contribution is -1.89. The highest BCUT2D eigenvalue weighted by molar-refractivity contribution is 6.09. The molecule has 0 atom stereocenters. The van der Waals surface area contributed by atoms with Crippen LogP contribution in [0.5, 0.6) is 0 Å². The van der Waals surface area contributed by atoms with Crippen LogP contribution in [-0.2, 0) is 0 Å². The average Bonchev–Trinajstić information content (AvgIpc) is 3.21. The number of benzene rings is 5. The van der Waals surface area contributed by atoms with E-state index in [4.69, 9.17) is 4.42 Å². The van der Waals surface area contributed by atoms with Crippen LogP contribution in [-0.4, -0.2) is 0 Å². The lowest BCUT2D eigenvalue weighted by atomic mass is 9.91. The van der Waals surface area contributed by atoms with Gasteiger partial charge in [0.1, 0.15) is 11.2 Å². The van der Waals surface area contributed by atoms with Crippen molar-refractivity contribution in [3.63, 3.8) is 0 Å². The van der Waals surface area contributed by atoms with Gasteiger partial charge >= 0.3 is 0 Å². The minimum absolute atomic E-state index is 0.539. The van der Waals surface area contributed by atoms with Crippen molar-refractivity contribution >= 4 is 32.7 Å². The van der Waals surface area contributed by atoms with E-state index in [2.05, 4.69) is 105 Å². The molecule has 1 nitrogen and oxygen atoms in total. The molecule has 6 aromatic rings. The Morgan fingerprint density at radius 2 is 1.06 bits per heavy atom. The van der Waals surface area contributed by atoms with Crippen molar-refractivity contribution in [1.82, 2.24) is 0 Å². The van der Waals surface area contributed by atoms with E-state index in [1.807, 2.05) is 12.1 Å². The molecule has 0 aliphatic rings. The van der Waals surface area contributed by atoms with Crippen LogP contribution in [0.4, 0.5) is 0 Å². The quantitative estimate of drug-likeness (QED) is 0.282. The summed E-state index contributed by atoms with van der Waals surface area (Å²) >= 11 is 0. The second-order valence-electron chi connectivity index (χ2n) is 8.79. The molecule has 32 heavy (non-hydrogen) atoms. The average molecular weight is 413 g/mol. The summed E-state index contributed by atoms with van der Waals surface area (Å²) in [5.41, 5.74) is 8.22. The summed E-state index contributed by atoms with van der Waals surface area (Å²) in [6.45, 7) is 4.47. The molecule has 0 bridgehead atoms. The number of hydrogen-bond donors (Lipinski definition) is 0. The molecule has 0 amide bonds. The van der Waals surface area contributed by atoms with Gasteiger partial charge in [-0.2, -0.15) is 0 Å². The van der Waals surface area contributed by atoms with Crippen LogP contribution < -0.4 is 0 Å². The van der Waals surface area contributed by atoms with Gasteiger partial charge in [0.25, 0.3) is 0 Å². The third-order valence-electron chi connectivity index (χ3n) is 6.50. The summed E-state index contributed by atoms with van der Waals surface area (Å²) < 4.78 is 6.03. The lowest BCUT2D eigenvalue weighted by Gasteiger charge is -2.13. The smallest absolute Gasteiger partial charge is 0.135 e. The Morgan fingerprint density at radius 1 is 0.500 bits per heavy atom. The summed E-state index contributed by atoms with van der Waals surface area (Å²) in [4.78, 5) is 0. The third-order valence-corrected chi connectivity index (χ3v) is 6.50. The molecule has 5 aromatic carbocycles. The van der Waals surface area contributed by atoms with Crippen LogP contribution in [0.25, 0.3) is 55.0 Å². The van der Waals surface area contributed by atoms with E-state index in [1.165, 1.54) is 38.6 Å². The molecule has 0 saturated heterocycles. The molecular formula is C31H24O. The Balaban J connectivity index is 1.54. The maximum atomic E-state index is 6.03. The second-order valence-corrected chi connectivity index (χ2v) is 8.79. The molecule has 0 radical (unpaired) electrons. The first-order valence-electron chi connectivity index (χ1n) is 11.2. The fraction of sp³-hybridized carbons (Fsp3) is 0.0968. The van der Waals surface area contributed by atoms with Gasteiger partial charge in [-0.25, -0.2) is 0 Å². The molecule has 0 N–H and O–H groups in total. The largest absolute Gasteiger partial charge is 0.456 e. The van der Waals surface area contributed by atoms with Gasteiger partial charge in [-0.1, -0.05) is 98.8 Å². The molecule has 1 heteroatoms. The highest BCUT2D eigenvalue weighted by Crippen LogP contribution is 2.38. The van der Waals surface area contributed by atoms with Gasteiger partial charge in [0.15, 0.2) is 0 Å². The van der Waals surface area contributed by atoms with Crippen LogP contribution in [0, 0.1) is 0 Å². The van der Waals surface area contributed by atoms with Crippen LogP contribution in [0.1, 0.15) is 25.3 Å². The minimum atomic E-state index is 0.539. The van der Waals surface area contributed by atoms with Crippen LogP contribution >= 0.6 is 0 Å². The van der Waals surface area contributed by atoms with Crippen LogP contribution in [0.15, 0.2) is 108 Å². The Kier molecular flexibility index (Phi) is 4.36. The summed E-state index contributed by atoms with van der Waals surface area (Å²) in [7, 11) is 0. The van der Waals surface area contributed by atoms with Crippen molar-refractivity contribution in [3.05, 3.63) is 109 Å². The monoisotopic (exact) mass is 412 g/mol. The van der Waals surface area contributed by atoms with Crippen molar-refractivity contribution in [2.45, 2.75) is 19.8 Å².